The third-order valence-electron chi connectivity index (χ3n) is 8.26. The van der Waals surface area contributed by atoms with Gasteiger partial charge in [0.2, 0.25) is 11.8 Å². The Morgan fingerprint density at radius 2 is 1.87 bits per heavy atom. The second-order valence-corrected chi connectivity index (χ2v) is 13.0. The van der Waals surface area contributed by atoms with Crippen molar-refractivity contribution >= 4 is 40.7 Å². The summed E-state index contributed by atoms with van der Waals surface area (Å²) in [6.45, 7) is 6.23. The zero-order chi connectivity index (χ0) is 27.4. The molecule has 0 unspecified atom stereocenters. The minimum Gasteiger partial charge on any atom is -0.393 e. The Kier molecular flexibility index (Phi) is 7.27. The molecule has 1 saturated carbocycles. The fourth-order valence-corrected chi connectivity index (χ4v) is 7.02. The summed E-state index contributed by atoms with van der Waals surface area (Å²) < 4.78 is 15.8. The summed E-state index contributed by atoms with van der Waals surface area (Å²) in [5.41, 5.74) is -0.00278. The molecule has 4 N–H and O–H groups in total. The van der Waals surface area contributed by atoms with Crippen molar-refractivity contribution in [3.05, 3.63) is 63.4 Å². The molecule has 0 radical (unpaired) electrons. The smallest absolute Gasteiger partial charge is 0.238 e. The first-order valence-corrected chi connectivity index (χ1v) is 14.0. The number of benzene rings is 2. The van der Waals surface area contributed by atoms with E-state index in [9.17, 15) is 14.7 Å². The summed E-state index contributed by atoms with van der Waals surface area (Å²) in [5.74, 6) is -2.09. The lowest BCUT2D eigenvalue weighted by molar-refractivity contribution is -0.124. The number of hydrogen-bond acceptors (Lipinski definition) is 4. The van der Waals surface area contributed by atoms with Gasteiger partial charge >= 0.3 is 0 Å². The number of aliphatic hydroxyl groups is 1. The average Bonchev–Trinajstić information content (AvgIpc) is 3.31. The number of carbonyl (C=O) groups is 2. The molecule has 1 aliphatic carbocycles. The van der Waals surface area contributed by atoms with Gasteiger partial charge in [-0.2, -0.15) is 0 Å². The molecule has 1 saturated heterocycles. The van der Waals surface area contributed by atoms with E-state index in [2.05, 4.69) is 36.7 Å². The SMILES string of the molecule is CC(C)(C)C[C@@H]1N[C@@H](C(=O)N[C@H]2CC[C@H](O)CC2)[C@H](c2cccc(Cl)c2F)[C@@]12C(=O)Nc1cc(Cl)ccc12. The van der Waals surface area contributed by atoms with E-state index >= 15 is 4.39 Å². The molecule has 9 heteroatoms. The Labute approximate surface area is 232 Å². The van der Waals surface area contributed by atoms with Gasteiger partial charge in [-0.05, 0) is 66.8 Å². The van der Waals surface area contributed by atoms with Gasteiger partial charge in [0.15, 0.2) is 0 Å². The molecule has 5 rings (SSSR count). The minimum atomic E-state index is -1.27. The fourth-order valence-electron chi connectivity index (χ4n) is 6.66. The maximum absolute atomic E-state index is 15.8. The number of halogens is 3. The molecule has 4 atom stereocenters. The highest BCUT2D eigenvalue weighted by Gasteiger charge is 2.66. The number of fused-ring (bicyclic) bond motifs is 2. The van der Waals surface area contributed by atoms with Crippen LogP contribution in [-0.2, 0) is 15.0 Å². The van der Waals surface area contributed by atoms with Crippen molar-refractivity contribution in [3.8, 4) is 0 Å². The number of hydrogen-bond donors (Lipinski definition) is 4. The lowest BCUT2D eigenvalue weighted by Crippen LogP contribution is -2.50. The van der Waals surface area contributed by atoms with Gasteiger partial charge in [-0.15, -0.1) is 0 Å². The van der Waals surface area contributed by atoms with Crippen LogP contribution in [0.15, 0.2) is 36.4 Å². The predicted molar refractivity (Wildman–Crippen MR) is 147 cm³/mol. The summed E-state index contributed by atoms with van der Waals surface area (Å²) in [6, 6.07) is 8.50. The molecule has 0 bridgehead atoms. The molecule has 3 aliphatic rings. The Bertz CT molecular complexity index is 1260. The Balaban J connectivity index is 1.67. The molecule has 204 valence electrons. The first-order valence-electron chi connectivity index (χ1n) is 13.2. The van der Waals surface area contributed by atoms with Crippen LogP contribution in [0.2, 0.25) is 10.0 Å². The van der Waals surface area contributed by atoms with Gasteiger partial charge in [0.25, 0.3) is 0 Å². The van der Waals surface area contributed by atoms with Crippen molar-refractivity contribution in [1.29, 1.82) is 0 Å². The lowest BCUT2D eigenvalue weighted by atomic mass is 9.62. The van der Waals surface area contributed by atoms with Crippen LogP contribution in [0, 0.1) is 11.2 Å². The van der Waals surface area contributed by atoms with E-state index in [1.54, 1.807) is 24.3 Å². The Morgan fingerprint density at radius 3 is 2.55 bits per heavy atom. The third kappa shape index (κ3) is 4.72. The Hall–Kier alpha value is -2.19. The van der Waals surface area contributed by atoms with E-state index < -0.39 is 29.2 Å². The van der Waals surface area contributed by atoms with Crippen LogP contribution in [0.25, 0.3) is 0 Å². The molecule has 2 heterocycles. The molecule has 0 aromatic heterocycles. The summed E-state index contributed by atoms with van der Waals surface area (Å²) in [4.78, 5) is 28.1. The fraction of sp³-hybridized carbons (Fsp3) is 0.517. The van der Waals surface area contributed by atoms with E-state index in [1.807, 2.05) is 6.07 Å². The highest BCUT2D eigenvalue weighted by atomic mass is 35.5. The average molecular weight is 563 g/mol. The standard InChI is InChI=1S/C29H34Cl2FN3O3/c1-28(2,3)14-22-29(19-12-7-15(30)13-21(19)34-27(29)38)23(18-5-4-6-20(31)24(18)32)25(35-22)26(37)33-16-8-10-17(36)11-9-16/h4-7,12-13,16-17,22-23,25,35-36H,8-11,14H2,1-3H3,(H,33,37)(H,34,38)/t16-,17-,22-,23-,25+,29-/m0/s1. The van der Waals surface area contributed by atoms with Crippen molar-refractivity contribution in [3.63, 3.8) is 0 Å². The molecule has 38 heavy (non-hydrogen) atoms. The molecule has 6 nitrogen and oxygen atoms in total. The lowest BCUT2D eigenvalue weighted by Gasteiger charge is -2.38. The van der Waals surface area contributed by atoms with Crippen LogP contribution in [0.4, 0.5) is 10.1 Å². The molecule has 2 fully saturated rings. The van der Waals surface area contributed by atoms with Crippen LogP contribution >= 0.6 is 23.2 Å². The summed E-state index contributed by atoms with van der Waals surface area (Å²) in [6.07, 6.45) is 2.75. The van der Waals surface area contributed by atoms with Gasteiger partial charge in [0, 0.05) is 28.7 Å². The highest BCUT2D eigenvalue weighted by molar-refractivity contribution is 6.31. The number of aliphatic hydroxyl groups excluding tert-OH is 1. The van der Waals surface area contributed by atoms with Gasteiger partial charge in [-0.25, -0.2) is 4.39 Å². The number of amides is 2. The van der Waals surface area contributed by atoms with E-state index in [1.165, 1.54) is 6.07 Å². The van der Waals surface area contributed by atoms with Crippen LogP contribution in [0.1, 0.15) is 69.9 Å². The van der Waals surface area contributed by atoms with Crippen molar-refractivity contribution < 1.29 is 19.1 Å². The monoisotopic (exact) mass is 561 g/mol. The van der Waals surface area contributed by atoms with E-state index in [0.717, 1.165) is 0 Å². The predicted octanol–water partition coefficient (Wildman–Crippen LogP) is 5.30. The number of nitrogens with one attached hydrogen (secondary N) is 3. The molecule has 2 amide bonds. The van der Waals surface area contributed by atoms with Gasteiger partial charge < -0.3 is 21.1 Å². The third-order valence-corrected chi connectivity index (χ3v) is 8.79. The number of carbonyl (C=O) groups excluding carboxylic acids is 2. The first-order chi connectivity index (χ1) is 17.9. The Morgan fingerprint density at radius 1 is 1.16 bits per heavy atom. The highest BCUT2D eigenvalue weighted by Crippen LogP contribution is 2.57. The minimum absolute atomic E-state index is 0.0629. The largest absolute Gasteiger partial charge is 0.393 e. The normalized spacial score (nSPS) is 30.8. The summed E-state index contributed by atoms with van der Waals surface area (Å²) in [5, 5.41) is 19.9. The molecule has 1 spiro atoms. The van der Waals surface area contributed by atoms with E-state index in [4.69, 9.17) is 23.2 Å². The van der Waals surface area contributed by atoms with Crippen molar-refractivity contribution in [2.75, 3.05) is 5.32 Å². The van der Waals surface area contributed by atoms with Gasteiger partial charge in [0.1, 0.15) is 11.2 Å². The molecular formula is C29H34Cl2FN3O3. The van der Waals surface area contributed by atoms with Crippen LogP contribution < -0.4 is 16.0 Å². The second-order valence-electron chi connectivity index (χ2n) is 12.1. The van der Waals surface area contributed by atoms with Crippen molar-refractivity contribution in [1.82, 2.24) is 10.6 Å². The van der Waals surface area contributed by atoms with Gasteiger partial charge in [-0.3, -0.25) is 9.59 Å². The first kappa shape index (κ1) is 27.4. The van der Waals surface area contributed by atoms with Gasteiger partial charge in [0.05, 0.1) is 17.2 Å². The molecular weight excluding hydrogens is 528 g/mol. The van der Waals surface area contributed by atoms with E-state index in [0.29, 0.717) is 48.4 Å². The van der Waals surface area contributed by atoms with Crippen LogP contribution in [0.5, 0.6) is 0 Å². The maximum Gasteiger partial charge on any atom is 0.238 e. The maximum atomic E-state index is 15.8. The zero-order valence-electron chi connectivity index (χ0n) is 21.8. The van der Waals surface area contributed by atoms with Crippen LogP contribution in [-0.4, -0.2) is 41.2 Å². The topological polar surface area (TPSA) is 90.5 Å². The zero-order valence-corrected chi connectivity index (χ0v) is 23.3. The van der Waals surface area contributed by atoms with E-state index in [-0.39, 0.29) is 40.0 Å². The summed E-state index contributed by atoms with van der Waals surface area (Å²) >= 11 is 12.5. The van der Waals surface area contributed by atoms with Crippen molar-refractivity contribution in [2.45, 2.75) is 88.4 Å². The second kappa shape index (κ2) is 10.1. The number of anilines is 1. The summed E-state index contributed by atoms with van der Waals surface area (Å²) in [7, 11) is 0. The quantitative estimate of drug-likeness (QED) is 0.407. The van der Waals surface area contributed by atoms with Gasteiger partial charge in [-0.1, -0.05) is 62.2 Å². The van der Waals surface area contributed by atoms with Crippen LogP contribution in [0.3, 0.4) is 0 Å². The van der Waals surface area contributed by atoms with Crippen molar-refractivity contribution in [2.24, 2.45) is 5.41 Å². The molecule has 2 aromatic rings. The molecule has 2 aliphatic heterocycles. The number of rotatable bonds is 4. The molecule has 2 aromatic carbocycles.